The summed E-state index contributed by atoms with van der Waals surface area (Å²) >= 11 is 0. The number of ether oxygens (including phenoxy) is 1. The molecule has 0 saturated carbocycles. The van der Waals surface area contributed by atoms with Crippen molar-refractivity contribution in [3.8, 4) is 0 Å². The Morgan fingerprint density at radius 1 is 1.48 bits per heavy atom. The third kappa shape index (κ3) is 3.88. The quantitative estimate of drug-likeness (QED) is 0.486. The molecule has 1 aromatic carbocycles. The van der Waals surface area contributed by atoms with E-state index in [4.69, 9.17) is 4.74 Å². The first-order chi connectivity index (χ1) is 9.97. The van der Waals surface area contributed by atoms with Crippen LogP contribution in [0, 0.1) is 10.1 Å². The molecule has 1 fully saturated rings. The highest BCUT2D eigenvalue weighted by Gasteiger charge is 2.25. The van der Waals surface area contributed by atoms with Gasteiger partial charge in [-0.15, -0.1) is 0 Å². The summed E-state index contributed by atoms with van der Waals surface area (Å²) in [6.07, 6.45) is 3.08. The average Bonchev–Trinajstić information content (AvgIpc) is 2.47. The fourth-order valence-corrected chi connectivity index (χ4v) is 2.22. The van der Waals surface area contributed by atoms with Crippen LogP contribution in [0.5, 0.6) is 0 Å². The fourth-order valence-electron chi connectivity index (χ4n) is 2.22. The fraction of sp³-hybridized carbons (Fsp3) is 0.400. The Bertz CT molecular complexity index is 571. The molecule has 0 bridgehead atoms. The Morgan fingerprint density at radius 2 is 2.24 bits per heavy atom. The second-order valence-electron chi connectivity index (χ2n) is 5.17. The van der Waals surface area contributed by atoms with E-state index in [-0.39, 0.29) is 23.7 Å². The summed E-state index contributed by atoms with van der Waals surface area (Å²) in [5.41, 5.74) is 0.643. The van der Waals surface area contributed by atoms with Crippen molar-refractivity contribution in [2.45, 2.75) is 26.0 Å². The topological polar surface area (TPSA) is 72.7 Å². The number of non-ortho nitro benzene ring substituents is 1. The summed E-state index contributed by atoms with van der Waals surface area (Å²) in [6, 6.07) is 6.22. The van der Waals surface area contributed by atoms with E-state index in [1.165, 1.54) is 18.2 Å². The zero-order valence-corrected chi connectivity index (χ0v) is 12.1. The molecule has 2 atom stereocenters. The van der Waals surface area contributed by atoms with Crippen LogP contribution < -0.4 is 0 Å². The average molecular weight is 290 g/mol. The van der Waals surface area contributed by atoms with Crippen LogP contribution in [0.3, 0.4) is 0 Å². The number of nitrogens with zero attached hydrogens (tertiary/aromatic N) is 2. The predicted octanol–water partition coefficient (Wildman–Crippen LogP) is 2.24. The number of nitro benzene ring substituents is 1. The molecule has 2 unspecified atom stereocenters. The third-order valence-electron chi connectivity index (χ3n) is 3.39. The highest BCUT2D eigenvalue weighted by atomic mass is 16.6. The number of carbonyl (C=O) groups is 1. The van der Waals surface area contributed by atoms with E-state index in [9.17, 15) is 14.9 Å². The number of hydrogen-bond acceptors (Lipinski definition) is 4. The van der Waals surface area contributed by atoms with Crippen LogP contribution in [0.2, 0.25) is 0 Å². The molecule has 112 valence electrons. The van der Waals surface area contributed by atoms with Crippen LogP contribution >= 0.6 is 0 Å². The highest BCUT2D eigenvalue weighted by molar-refractivity contribution is 5.92. The second kappa shape index (κ2) is 6.49. The second-order valence-corrected chi connectivity index (χ2v) is 5.17. The first kappa shape index (κ1) is 15.2. The first-order valence-corrected chi connectivity index (χ1v) is 6.82. The summed E-state index contributed by atoms with van der Waals surface area (Å²) in [5.74, 6) is -0.107. The molecule has 1 aliphatic rings. The lowest BCUT2D eigenvalue weighted by Gasteiger charge is -2.36. The molecule has 1 amide bonds. The number of benzene rings is 1. The normalized spacial score (nSPS) is 22.5. The van der Waals surface area contributed by atoms with Gasteiger partial charge < -0.3 is 9.64 Å². The lowest BCUT2D eigenvalue weighted by Crippen LogP contribution is -2.49. The summed E-state index contributed by atoms with van der Waals surface area (Å²) in [6.45, 7) is 4.94. The summed E-state index contributed by atoms with van der Waals surface area (Å²) < 4.78 is 5.48. The van der Waals surface area contributed by atoms with Crippen molar-refractivity contribution in [3.05, 3.63) is 46.0 Å². The van der Waals surface area contributed by atoms with E-state index < -0.39 is 4.92 Å². The Morgan fingerprint density at radius 3 is 2.95 bits per heavy atom. The van der Waals surface area contributed by atoms with Crippen molar-refractivity contribution in [3.63, 3.8) is 0 Å². The molecular formula is C15H18N2O4. The van der Waals surface area contributed by atoms with Gasteiger partial charge in [0.2, 0.25) is 5.91 Å². The van der Waals surface area contributed by atoms with Gasteiger partial charge in [-0.25, -0.2) is 0 Å². The minimum atomic E-state index is -0.453. The van der Waals surface area contributed by atoms with Crippen molar-refractivity contribution >= 4 is 17.7 Å². The monoisotopic (exact) mass is 290 g/mol. The maximum absolute atomic E-state index is 12.2. The van der Waals surface area contributed by atoms with Crippen LogP contribution in [0.25, 0.3) is 6.08 Å². The lowest BCUT2D eigenvalue weighted by atomic mass is 10.1. The molecular weight excluding hydrogens is 272 g/mol. The van der Waals surface area contributed by atoms with Gasteiger partial charge in [0.1, 0.15) is 0 Å². The van der Waals surface area contributed by atoms with Gasteiger partial charge in [0.15, 0.2) is 0 Å². The minimum Gasteiger partial charge on any atom is -0.375 e. The molecule has 1 saturated heterocycles. The zero-order valence-electron chi connectivity index (χ0n) is 12.1. The number of rotatable bonds is 3. The van der Waals surface area contributed by atoms with Gasteiger partial charge in [-0.3, -0.25) is 14.9 Å². The molecule has 6 heteroatoms. The maximum Gasteiger partial charge on any atom is 0.270 e. The summed E-state index contributed by atoms with van der Waals surface area (Å²) in [4.78, 5) is 24.2. The van der Waals surface area contributed by atoms with Gasteiger partial charge in [0.25, 0.3) is 5.69 Å². The van der Waals surface area contributed by atoms with Crippen molar-refractivity contribution < 1.29 is 14.5 Å². The number of nitro groups is 1. The molecule has 21 heavy (non-hydrogen) atoms. The number of amides is 1. The van der Waals surface area contributed by atoms with Crippen LogP contribution in [0.4, 0.5) is 5.69 Å². The number of morpholine rings is 1. The van der Waals surface area contributed by atoms with Crippen molar-refractivity contribution in [2.75, 3.05) is 13.2 Å². The van der Waals surface area contributed by atoms with Crippen LogP contribution in [0.15, 0.2) is 30.3 Å². The lowest BCUT2D eigenvalue weighted by molar-refractivity contribution is -0.384. The van der Waals surface area contributed by atoms with E-state index in [0.717, 1.165) is 0 Å². The van der Waals surface area contributed by atoms with Crippen molar-refractivity contribution in [1.29, 1.82) is 0 Å². The Balaban J connectivity index is 2.08. The van der Waals surface area contributed by atoms with E-state index in [0.29, 0.717) is 18.7 Å². The highest BCUT2D eigenvalue weighted by Crippen LogP contribution is 2.15. The van der Waals surface area contributed by atoms with E-state index >= 15 is 0 Å². The maximum atomic E-state index is 12.2. The van der Waals surface area contributed by atoms with Gasteiger partial charge >= 0.3 is 0 Å². The predicted molar refractivity (Wildman–Crippen MR) is 78.7 cm³/mol. The number of hydrogen-bond donors (Lipinski definition) is 0. The summed E-state index contributed by atoms with van der Waals surface area (Å²) in [7, 11) is 0. The van der Waals surface area contributed by atoms with Gasteiger partial charge in [0, 0.05) is 24.8 Å². The van der Waals surface area contributed by atoms with Gasteiger partial charge in [0.05, 0.1) is 23.7 Å². The Kier molecular flexibility index (Phi) is 4.70. The zero-order chi connectivity index (χ0) is 15.4. The van der Waals surface area contributed by atoms with Crippen LogP contribution in [-0.2, 0) is 9.53 Å². The van der Waals surface area contributed by atoms with E-state index in [2.05, 4.69) is 0 Å². The van der Waals surface area contributed by atoms with Gasteiger partial charge in [-0.1, -0.05) is 12.1 Å². The minimum absolute atomic E-state index is 0.0120. The summed E-state index contributed by atoms with van der Waals surface area (Å²) in [5, 5.41) is 10.7. The molecule has 0 N–H and O–H groups in total. The molecule has 1 aliphatic heterocycles. The third-order valence-corrected chi connectivity index (χ3v) is 3.39. The van der Waals surface area contributed by atoms with Crippen molar-refractivity contribution in [1.82, 2.24) is 4.90 Å². The smallest absolute Gasteiger partial charge is 0.270 e. The molecule has 0 spiro atoms. The molecule has 0 aromatic heterocycles. The van der Waals surface area contributed by atoms with Gasteiger partial charge in [-0.05, 0) is 25.5 Å². The number of carbonyl (C=O) groups excluding carboxylic acids is 1. The standard InChI is InChI=1S/C15H18N2O4/c1-11-10-21-12(2)9-16(11)15(18)7-6-13-4-3-5-14(8-13)17(19)20/h3-8,11-12H,9-10H2,1-2H3. The Labute approximate surface area is 123 Å². The Hall–Kier alpha value is -2.21. The van der Waals surface area contributed by atoms with Crippen LogP contribution in [-0.4, -0.2) is 41.0 Å². The molecule has 0 aliphatic carbocycles. The molecule has 0 radical (unpaired) electrons. The molecule has 1 aromatic rings. The first-order valence-electron chi connectivity index (χ1n) is 6.82. The molecule has 6 nitrogen and oxygen atoms in total. The van der Waals surface area contributed by atoms with E-state index in [1.54, 1.807) is 23.1 Å². The van der Waals surface area contributed by atoms with E-state index in [1.807, 2.05) is 13.8 Å². The van der Waals surface area contributed by atoms with Crippen LogP contribution in [0.1, 0.15) is 19.4 Å². The van der Waals surface area contributed by atoms with Crippen molar-refractivity contribution in [2.24, 2.45) is 0 Å². The molecule has 1 heterocycles. The molecule has 2 rings (SSSR count). The largest absolute Gasteiger partial charge is 0.375 e. The SMILES string of the molecule is CC1CN(C(=O)C=Cc2cccc([N+](=O)[O-])c2)C(C)CO1. The van der Waals surface area contributed by atoms with Gasteiger partial charge in [-0.2, -0.15) is 0 Å².